The first kappa shape index (κ1) is 22.6. The Morgan fingerprint density at radius 2 is 2.04 bits per heavy atom. The quantitative estimate of drug-likeness (QED) is 0.332. The van der Waals surface area contributed by atoms with E-state index < -0.39 is 0 Å². The fourth-order valence-electron chi connectivity index (χ4n) is 3.09. The van der Waals surface area contributed by atoms with Crippen LogP contribution < -0.4 is 10.6 Å². The second kappa shape index (κ2) is 12.1. The van der Waals surface area contributed by atoms with E-state index in [2.05, 4.69) is 41.4 Å². The fraction of sp³-hybridized carbons (Fsp3) is 0.778. The summed E-state index contributed by atoms with van der Waals surface area (Å²) in [6, 6.07) is 0. The molecule has 1 aliphatic carbocycles. The molecule has 0 radical (unpaired) electrons. The van der Waals surface area contributed by atoms with Gasteiger partial charge in [0.15, 0.2) is 5.96 Å². The van der Waals surface area contributed by atoms with Crippen LogP contribution in [-0.2, 0) is 11.3 Å². The molecular weight excluding hydrogens is 447 g/mol. The highest BCUT2D eigenvalue weighted by Gasteiger charge is 2.32. The number of nitrogens with zero attached hydrogens (tertiary/aromatic N) is 2. The van der Waals surface area contributed by atoms with Gasteiger partial charge in [-0.25, -0.2) is 9.98 Å². The van der Waals surface area contributed by atoms with Gasteiger partial charge in [0, 0.05) is 30.8 Å². The average Bonchev–Trinajstić information content (AvgIpc) is 3.02. The topological polar surface area (TPSA) is 58.5 Å². The van der Waals surface area contributed by atoms with E-state index in [0.717, 1.165) is 49.9 Å². The first-order valence-electron chi connectivity index (χ1n) is 9.25. The summed E-state index contributed by atoms with van der Waals surface area (Å²) in [4.78, 5) is 10.3. The third kappa shape index (κ3) is 7.78. The van der Waals surface area contributed by atoms with Gasteiger partial charge in [-0.05, 0) is 33.1 Å². The Morgan fingerprint density at radius 3 is 2.64 bits per heavy atom. The first-order chi connectivity index (χ1) is 11.7. The van der Waals surface area contributed by atoms with E-state index in [-0.39, 0.29) is 29.6 Å². The number of aromatic nitrogens is 1. The van der Waals surface area contributed by atoms with Gasteiger partial charge in [0.1, 0.15) is 5.01 Å². The van der Waals surface area contributed by atoms with E-state index in [1.165, 1.54) is 24.1 Å². The Balaban J connectivity index is 0.00000312. The minimum atomic E-state index is -0.0256. The van der Waals surface area contributed by atoms with Crippen molar-refractivity contribution in [1.82, 2.24) is 15.6 Å². The summed E-state index contributed by atoms with van der Waals surface area (Å²) in [6.45, 7) is 9.48. The van der Waals surface area contributed by atoms with Crippen LogP contribution in [0, 0.1) is 6.92 Å². The molecule has 1 heterocycles. The number of ether oxygens (including phenoxy) is 1. The smallest absolute Gasteiger partial charge is 0.191 e. The molecule has 0 bridgehead atoms. The maximum atomic E-state index is 6.26. The van der Waals surface area contributed by atoms with Crippen LogP contribution in [0.3, 0.4) is 0 Å². The van der Waals surface area contributed by atoms with E-state index in [1.54, 1.807) is 11.3 Å². The van der Waals surface area contributed by atoms with Gasteiger partial charge in [-0.1, -0.05) is 26.2 Å². The van der Waals surface area contributed by atoms with Crippen LogP contribution in [0.2, 0.25) is 0 Å². The van der Waals surface area contributed by atoms with Crippen molar-refractivity contribution >= 4 is 41.3 Å². The molecule has 1 aromatic rings. The lowest BCUT2D eigenvalue weighted by molar-refractivity contribution is -0.0657. The lowest BCUT2D eigenvalue weighted by Crippen LogP contribution is -2.49. The van der Waals surface area contributed by atoms with Crippen LogP contribution in [0.25, 0.3) is 0 Å². The van der Waals surface area contributed by atoms with Gasteiger partial charge >= 0.3 is 0 Å². The third-order valence-corrected chi connectivity index (χ3v) is 5.24. The molecule has 144 valence electrons. The first-order valence-corrected chi connectivity index (χ1v) is 10.1. The molecule has 0 unspecified atom stereocenters. The molecule has 0 amide bonds. The molecule has 1 saturated carbocycles. The van der Waals surface area contributed by atoms with Gasteiger partial charge in [0.05, 0.1) is 12.1 Å². The lowest BCUT2D eigenvalue weighted by Gasteiger charge is -2.37. The number of thiazole rings is 1. The van der Waals surface area contributed by atoms with Crippen LogP contribution in [0.5, 0.6) is 0 Å². The number of hydrogen-bond donors (Lipinski definition) is 2. The highest BCUT2D eigenvalue weighted by atomic mass is 127. The van der Waals surface area contributed by atoms with Crippen molar-refractivity contribution in [1.29, 1.82) is 0 Å². The summed E-state index contributed by atoms with van der Waals surface area (Å²) < 4.78 is 6.26. The lowest BCUT2D eigenvalue weighted by atomic mass is 9.84. The molecular formula is C18H33IN4OS. The molecule has 5 nitrogen and oxygen atoms in total. The number of aliphatic imine (C=N–C) groups is 1. The third-order valence-electron chi connectivity index (χ3n) is 4.34. The highest BCUT2D eigenvalue weighted by molar-refractivity contribution is 14.0. The predicted octanol–water partition coefficient (Wildman–Crippen LogP) is 4.25. The zero-order valence-corrected chi connectivity index (χ0v) is 18.9. The molecule has 0 saturated heterocycles. The zero-order chi connectivity index (χ0) is 17.3. The van der Waals surface area contributed by atoms with Crippen molar-refractivity contribution in [2.24, 2.45) is 4.99 Å². The molecule has 0 aliphatic heterocycles. The summed E-state index contributed by atoms with van der Waals surface area (Å²) in [7, 11) is 0. The fourth-order valence-corrected chi connectivity index (χ4v) is 3.81. The van der Waals surface area contributed by atoms with Crippen molar-refractivity contribution in [2.45, 2.75) is 71.4 Å². The Hall–Kier alpha value is -0.410. The van der Waals surface area contributed by atoms with Crippen LogP contribution in [0.4, 0.5) is 0 Å². The number of aryl methyl sites for hydroxylation is 1. The SMILES string of the molecule is CCCOC1(CNC(=NCc2ncc(C)s2)NCC)CCCCC1.I. The number of guanidine groups is 1. The normalized spacial score (nSPS) is 17.0. The Kier molecular flexibility index (Phi) is 10.9. The van der Waals surface area contributed by atoms with Crippen LogP contribution in [0.1, 0.15) is 62.3 Å². The second-order valence-electron chi connectivity index (χ2n) is 6.51. The number of nitrogens with one attached hydrogen (secondary N) is 2. The molecule has 7 heteroatoms. The average molecular weight is 480 g/mol. The monoisotopic (exact) mass is 480 g/mol. The molecule has 1 fully saturated rings. The van der Waals surface area contributed by atoms with Gasteiger partial charge in [-0.2, -0.15) is 0 Å². The number of rotatable bonds is 8. The molecule has 1 aliphatic rings. The van der Waals surface area contributed by atoms with E-state index in [9.17, 15) is 0 Å². The van der Waals surface area contributed by atoms with E-state index in [1.807, 2.05) is 6.20 Å². The van der Waals surface area contributed by atoms with Crippen molar-refractivity contribution < 1.29 is 4.74 Å². The molecule has 0 aromatic carbocycles. The van der Waals surface area contributed by atoms with E-state index >= 15 is 0 Å². The Labute approximate surface area is 173 Å². The van der Waals surface area contributed by atoms with E-state index in [4.69, 9.17) is 4.74 Å². The van der Waals surface area contributed by atoms with Gasteiger partial charge in [0.25, 0.3) is 0 Å². The van der Waals surface area contributed by atoms with Crippen LogP contribution in [-0.4, -0.2) is 36.2 Å². The Morgan fingerprint density at radius 1 is 1.28 bits per heavy atom. The molecule has 0 atom stereocenters. The molecule has 2 rings (SSSR count). The summed E-state index contributed by atoms with van der Waals surface area (Å²) in [5, 5.41) is 7.90. The van der Waals surface area contributed by atoms with Gasteiger partial charge in [-0.15, -0.1) is 35.3 Å². The summed E-state index contributed by atoms with van der Waals surface area (Å²) in [6.07, 6.45) is 9.12. The van der Waals surface area contributed by atoms with Crippen LogP contribution in [0.15, 0.2) is 11.2 Å². The minimum Gasteiger partial charge on any atom is -0.373 e. The van der Waals surface area contributed by atoms with Crippen molar-refractivity contribution in [2.75, 3.05) is 19.7 Å². The van der Waals surface area contributed by atoms with Gasteiger partial charge in [0.2, 0.25) is 0 Å². The van der Waals surface area contributed by atoms with Crippen molar-refractivity contribution in [3.63, 3.8) is 0 Å². The zero-order valence-electron chi connectivity index (χ0n) is 15.8. The second-order valence-corrected chi connectivity index (χ2v) is 7.82. The number of hydrogen-bond acceptors (Lipinski definition) is 4. The predicted molar refractivity (Wildman–Crippen MR) is 117 cm³/mol. The van der Waals surface area contributed by atoms with E-state index in [0.29, 0.717) is 6.54 Å². The van der Waals surface area contributed by atoms with Crippen molar-refractivity contribution in [3.8, 4) is 0 Å². The largest absolute Gasteiger partial charge is 0.373 e. The Bertz CT molecular complexity index is 515. The summed E-state index contributed by atoms with van der Waals surface area (Å²) in [5.41, 5.74) is -0.0256. The standard InChI is InChI=1S/C18H32N4OS.HI/c1-4-11-23-18(9-7-6-8-10-18)14-22-17(19-5-2)21-13-16-20-12-15(3)24-16;/h12H,4-11,13-14H2,1-3H3,(H2,19,21,22);1H. The van der Waals surface area contributed by atoms with Crippen molar-refractivity contribution in [3.05, 3.63) is 16.1 Å². The molecule has 2 N–H and O–H groups in total. The summed E-state index contributed by atoms with van der Waals surface area (Å²) in [5.74, 6) is 0.857. The molecule has 1 aromatic heterocycles. The summed E-state index contributed by atoms with van der Waals surface area (Å²) >= 11 is 1.71. The maximum Gasteiger partial charge on any atom is 0.191 e. The highest BCUT2D eigenvalue weighted by Crippen LogP contribution is 2.31. The molecule has 0 spiro atoms. The van der Waals surface area contributed by atoms with Gasteiger partial charge in [-0.3, -0.25) is 0 Å². The van der Waals surface area contributed by atoms with Crippen LogP contribution >= 0.6 is 35.3 Å². The maximum absolute atomic E-state index is 6.26. The molecule has 25 heavy (non-hydrogen) atoms. The minimum absolute atomic E-state index is 0. The number of halogens is 1. The van der Waals surface area contributed by atoms with Gasteiger partial charge < -0.3 is 15.4 Å².